The van der Waals surface area contributed by atoms with Crippen LogP contribution in [0.2, 0.25) is 0 Å². The molecule has 2 aromatic rings. The molecule has 0 aliphatic heterocycles. The van der Waals surface area contributed by atoms with Gasteiger partial charge in [0.25, 0.3) is 0 Å². The third-order valence-corrected chi connectivity index (χ3v) is 3.23. The molecular weight excluding hydrogens is 276 g/mol. The van der Waals surface area contributed by atoms with E-state index in [9.17, 15) is 8.78 Å². The molecule has 1 aromatic carbocycles. The van der Waals surface area contributed by atoms with Crippen molar-refractivity contribution in [3.8, 4) is 11.4 Å². The summed E-state index contributed by atoms with van der Waals surface area (Å²) in [5, 5.41) is 7.03. The van der Waals surface area contributed by atoms with Crippen molar-refractivity contribution in [2.75, 3.05) is 7.05 Å². The van der Waals surface area contributed by atoms with Gasteiger partial charge in [-0.3, -0.25) is 0 Å². The summed E-state index contributed by atoms with van der Waals surface area (Å²) in [5.74, 6) is -0.518. The fraction of sp³-hybridized carbons (Fsp3) is 0.467. The Balaban J connectivity index is 2.11. The summed E-state index contributed by atoms with van der Waals surface area (Å²) in [6, 6.07) is 3.78. The minimum absolute atomic E-state index is 0.239. The summed E-state index contributed by atoms with van der Waals surface area (Å²) in [6.45, 7) is 4.29. The maximum atomic E-state index is 13.2. The molecule has 1 unspecified atom stereocenters. The molecule has 1 aromatic heterocycles. The van der Waals surface area contributed by atoms with Crippen molar-refractivity contribution < 1.29 is 13.3 Å². The summed E-state index contributed by atoms with van der Waals surface area (Å²) >= 11 is 0. The fourth-order valence-electron chi connectivity index (χ4n) is 2.17. The van der Waals surface area contributed by atoms with E-state index in [2.05, 4.69) is 29.3 Å². The van der Waals surface area contributed by atoms with Gasteiger partial charge in [-0.15, -0.1) is 0 Å². The first-order chi connectivity index (χ1) is 9.99. The molecule has 1 N–H and O–H groups in total. The molecule has 0 amide bonds. The molecule has 21 heavy (non-hydrogen) atoms. The van der Waals surface area contributed by atoms with Crippen LogP contribution in [0.4, 0.5) is 8.78 Å². The van der Waals surface area contributed by atoms with E-state index >= 15 is 0 Å². The molecule has 0 saturated heterocycles. The first kappa shape index (κ1) is 15.6. The van der Waals surface area contributed by atoms with Gasteiger partial charge in [-0.25, -0.2) is 8.78 Å². The van der Waals surface area contributed by atoms with Gasteiger partial charge in [0, 0.05) is 18.0 Å². The van der Waals surface area contributed by atoms with Crippen molar-refractivity contribution >= 4 is 0 Å². The lowest BCUT2D eigenvalue weighted by atomic mass is 10.0. The Labute approximate surface area is 122 Å². The number of aromatic nitrogens is 2. The maximum absolute atomic E-state index is 13.2. The lowest BCUT2D eigenvalue weighted by molar-refractivity contribution is 0.345. The molecule has 6 heteroatoms. The van der Waals surface area contributed by atoms with Crippen LogP contribution in [-0.4, -0.2) is 23.2 Å². The van der Waals surface area contributed by atoms with E-state index in [-0.39, 0.29) is 11.9 Å². The van der Waals surface area contributed by atoms with Crippen molar-refractivity contribution in [3.05, 3.63) is 35.7 Å². The normalized spacial score (nSPS) is 12.9. The fourth-order valence-corrected chi connectivity index (χ4v) is 2.17. The SMILES string of the molecule is CNC(Cc1nc(-c2ccc(F)c(F)c2)no1)CC(C)C. The Morgan fingerprint density at radius 3 is 2.62 bits per heavy atom. The summed E-state index contributed by atoms with van der Waals surface area (Å²) in [5.41, 5.74) is 0.397. The second-order valence-electron chi connectivity index (χ2n) is 5.46. The third kappa shape index (κ3) is 4.07. The van der Waals surface area contributed by atoms with E-state index in [4.69, 9.17) is 4.52 Å². The van der Waals surface area contributed by atoms with Crippen LogP contribution in [0.5, 0.6) is 0 Å². The van der Waals surface area contributed by atoms with E-state index < -0.39 is 11.6 Å². The van der Waals surface area contributed by atoms with E-state index in [0.29, 0.717) is 23.8 Å². The predicted molar refractivity (Wildman–Crippen MR) is 75.7 cm³/mol. The van der Waals surface area contributed by atoms with Crippen LogP contribution >= 0.6 is 0 Å². The van der Waals surface area contributed by atoms with Crippen LogP contribution in [0.1, 0.15) is 26.2 Å². The Morgan fingerprint density at radius 1 is 1.24 bits per heavy atom. The van der Waals surface area contributed by atoms with Crippen molar-refractivity contribution in [3.63, 3.8) is 0 Å². The smallest absolute Gasteiger partial charge is 0.228 e. The lowest BCUT2D eigenvalue weighted by Crippen LogP contribution is -2.29. The van der Waals surface area contributed by atoms with Gasteiger partial charge in [-0.1, -0.05) is 19.0 Å². The molecule has 0 aliphatic rings. The van der Waals surface area contributed by atoms with Crippen LogP contribution in [0, 0.1) is 17.6 Å². The van der Waals surface area contributed by atoms with Gasteiger partial charge < -0.3 is 9.84 Å². The molecule has 0 spiro atoms. The van der Waals surface area contributed by atoms with Crippen LogP contribution in [0.3, 0.4) is 0 Å². The second-order valence-corrected chi connectivity index (χ2v) is 5.46. The number of hydrogen-bond donors (Lipinski definition) is 1. The second kappa shape index (κ2) is 6.76. The number of nitrogens with one attached hydrogen (secondary N) is 1. The molecule has 2 rings (SSSR count). The Kier molecular flexibility index (Phi) is 5.01. The number of nitrogens with zero attached hydrogens (tertiary/aromatic N) is 2. The third-order valence-electron chi connectivity index (χ3n) is 3.23. The average Bonchev–Trinajstić information content (AvgIpc) is 2.89. The highest BCUT2D eigenvalue weighted by Gasteiger charge is 2.16. The molecule has 0 bridgehead atoms. The van der Waals surface area contributed by atoms with E-state index in [1.54, 1.807) is 0 Å². The van der Waals surface area contributed by atoms with Gasteiger partial charge >= 0.3 is 0 Å². The zero-order valence-corrected chi connectivity index (χ0v) is 12.4. The minimum Gasteiger partial charge on any atom is -0.339 e. The molecule has 0 saturated carbocycles. The van der Waals surface area contributed by atoms with Gasteiger partial charge in [0.15, 0.2) is 11.6 Å². The Hall–Kier alpha value is -1.82. The van der Waals surface area contributed by atoms with Crippen molar-refractivity contribution in [1.29, 1.82) is 0 Å². The topological polar surface area (TPSA) is 51.0 Å². The zero-order chi connectivity index (χ0) is 15.4. The van der Waals surface area contributed by atoms with Gasteiger partial charge in [-0.05, 0) is 37.6 Å². The quantitative estimate of drug-likeness (QED) is 0.889. The average molecular weight is 295 g/mol. The molecular formula is C15H19F2N3O. The molecule has 0 fully saturated rings. The summed E-state index contributed by atoms with van der Waals surface area (Å²) in [6.07, 6.45) is 1.59. The molecule has 0 radical (unpaired) electrons. The number of halogens is 2. The molecule has 4 nitrogen and oxygen atoms in total. The molecule has 0 aliphatic carbocycles. The van der Waals surface area contributed by atoms with Crippen molar-refractivity contribution in [1.82, 2.24) is 15.5 Å². The van der Waals surface area contributed by atoms with Crippen LogP contribution in [0.15, 0.2) is 22.7 Å². The highest BCUT2D eigenvalue weighted by molar-refractivity contribution is 5.54. The van der Waals surface area contributed by atoms with Gasteiger partial charge in [0.2, 0.25) is 11.7 Å². The molecule has 1 heterocycles. The summed E-state index contributed by atoms with van der Waals surface area (Å²) in [4.78, 5) is 4.24. The zero-order valence-electron chi connectivity index (χ0n) is 12.4. The Bertz CT molecular complexity index is 598. The van der Waals surface area contributed by atoms with Crippen LogP contribution in [0.25, 0.3) is 11.4 Å². The minimum atomic E-state index is -0.924. The number of benzene rings is 1. The summed E-state index contributed by atoms with van der Waals surface area (Å²) < 4.78 is 31.3. The molecule has 114 valence electrons. The Morgan fingerprint density at radius 2 is 2.00 bits per heavy atom. The van der Waals surface area contributed by atoms with E-state index in [1.807, 2.05) is 7.05 Å². The number of hydrogen-bond acceptors (Lipinski definition) is 4. The van der Waals surface area contributed by atoms with E-state index in [1.165, 1.54) is 6.07 Å². The summed E-state index contributed by atoms with van der Waals surface area (Å²) in [7, 11) is 1.89. The maximum Gasteiger partial charge on any atom is 0.228 e. The predicted octanol–water partition coefficient (Wildman–Crippen LogP) is 3.19. The van der Waals surface area contributed by atoms with E-state index in [0.717, 1.165) is 18.6 Å². The van der Waals surface area contributed by atoms with Gasteiger partial charge in [0.1, 0.15) is 0 Å². The first-order valence-electron chi connectivity index (χ1n) is 6.95. The largest absolute Gasteiger partial charge is 0.339 e. The first-order valence-corrected chi connectivity index (χ1v) is 6.95. The standard InChI is InChI=1S/C15H19F2N3O/c1-9(2)6-11(18-3)8-14-19-15(20-21-14)10-4-5-12(16)13(17)7-10/h4-5,7,9,11,18H,6,8H2,1-3H3. The van der Waals surface area contributed by atoms with Gasteiger partial charge in [-0.2, -0.15) is 4.98 Å². The molecule has 1 atom stereocenters. The van der Waals surface area contributed by atoms with Crippen LogP contribution < -0.4 is 5.32 Å². The van der Waals surface area contributed by atoms with Crippen molar-refractivity contribution in [2.45, 2.75) is 32.7 Å². The highest BCUT2D eigenvalue weighted by Crippen LogP contribution is 2.19. The number of rotatable bonds is 6. The van der Waals surface area contributed by atoms with Gasteiger partial charge in [0.05, 0.1) is 0 Å². The van der Waals surface area contributed by atoms with Crippen LogP contribution in [-0.2, 0) is 6.42 Å². The lowest BCUT2D eigenvalue weighted by Gasteiger charge is -2.15. The highest BCUT2D eigenvalue weighted by atomic mass is 19.2. The monoisotopic (exact) mass is 295 g/mol. The number of likely N-dealkylation sites (N-methyl/N-ethyl adjacent to an activating group) is 1. The van der Waals surface area contributed by atoms with Crippen molar-refractivity contribution in [2.24, 2.45) is 5.92 Å².